The van der Waals surface area contributed by atoms with Gasteiger partial charge in [-0.3, -0.25) is 0 Å². The summed E-state index contributed by atoms with van der Waals surface area (Å²) in [5.41, 5.74) is 9.81. The molecule has 2 rings (SSSR count). The van der Waals surface area contributed by atoms with Gasteiger partial charge in [-0.25, -0.2) is 0 Å². The first-order valence-corrected chi connectivity index (χ1v) is 6.60. The predicted octanol–water partition coefficient (Wildman–Crippen LogP) is 4.82. The molecule has 94 valence electrons. The van der Waals surface area contributed by atoms with Gasteiger partial charge in [0.2, 0.25) is 0 Å². The maximum atomic E-state index is 2.31. The summed E-state index contributed by atoms with van der Waals surface area (Å²) in [6.07, 6.45) is 1.04. The molecule has 0 aromatic heterocycles. The Labute approximate surface area is 111 Å². The van der Waals surface area contributed by atoms with E-state index in [0.29, 0.717) is 0 Å². The van der Waals surface area contributed by atoms with E-state index in [1.54, 1.807) is 0 Å². The van der Waals surface area contributed by atoms with E-state index in [2.05, 4.69) is 65.0 Å². The van der Waals surface area contributed by atoms with Crippen LogP contribution >= 0.6 is 0 Å². The van der Waals surface area contributed by atoms with Crippen molar-refractivity contribution < 1.29 is 0 Å². The van der Waals surface area contributed by atoms with E-state index < -0.39 is 0 Å². The Morgan fingerprint density at radius 2 is 1.28 bits per heavy atom. The quantitative estimate of drug-likeness (QED) is 0.703. The zero-order chi connectivity index (χ0) is 13.3. The molecule has 0 N–H and O–H groups in total. The molecule has 18 heavy (non-hydrogen) atoms. The third-order valence-corrected chi connectivity index (χ3v) is 3.79. The fraction of sp³-hybridized carbons (Fsp3) is 0.333. The van der Waals surface area contributed by atoms with Crippen molar-refractivity contribution in [1.82, 2.24) is 0 Å². The first-order valence-electron chi connectivity index (χ1n) is 6.60. The summed E-state index contributed by atoms with van der Waals surface area (Å²) in [6, 6.07) is 11.4. The minimum Gasteiger partial charge on any atom is -0.0588 e. The van der Waals surface area contributed by atoms with Crippen molar-refractivity contribution in [3.05, 3.63) is 69.3 Å². The van der Waals surface area contributed by atoms with Gasteiger partial charge in [-0.15, -0.1) is 0 Å². The van der Waals surface area contributed by atoms with Crippen LogP contribution in [0.25, 0.3) is 0 Å². The van der Waals surface area contributed by atoms with Gasteiger partial charge >= 0.3 is 0 Å². The van der Waals surface area contributed by atoms with Gasteiger partial charge in [0, 0.05) is 0 Å². The summed E-state index contributed by atoms with van der Waals surface area (Å²) < 4.78 is 0. The van der Waals surface area contributed by atoms with Crippen molar-refractivity contribution in [3.63, 3.8) is 0 Å². The van der Waals surface area contributed by atoms with Crippen molar-refractivity contribution in [2.45, 2.75) is 41.0 Å². The molecule has 0 heterocycles. The molecule has 2 aromatic rings. The van der Waals surface area contributed by atoms with Crippen LogP contribution < -0.4 is 0 Å². The van der Waals surface area contributed by atoms with Crippen molar-refractivity contribution in [3.8, 4) is 0 Å². The van der Waals surface area contributed by atoms with Gasteiger partial charge in [0.25, 0.3) is 0 Å². The standard InChI is InChI=1S/C18H22/c1-12-8-15(4)18(16(5)9-12)11-17-7-6-13(2)14(3)10-17/h6-10H,11H2,1-5H3. The van der Waals surface area contributed by atoms with Crippen LogP contribution in [0.5, 0.6) is 0 Å². The molecule has 0 radical (unpaired) electrons. The van der Waals surface area contributed by atoms with Gasteiger partial charge in [0.05, 0.1) is 0 Å². The van der Waals surface area contributed by atoms with Crippen molar-refractivity contribution in [1.29, 1.82) is 0 Å². The Balaban J connectivity index is 2.37. The molecule has 0 fully saturated rings. The minimum absolute atomic E-state index is 1.04. The molecule has 0 aliphatic heterocycles. The normalized spacial score (nSPS) is 10.7. The molecule has 0 amide bonds. The van der Waals surface area contributed by atoms with E-state index in [-0.39, 0.29) is 0 Å². The maximum absolute atomic E-state index is 2.31. The molecular weight excluding hydrogens is 216 g/mol. The summed E-state index contributed by atoms with van der Waals surface area (Å²) >= 11 is 0. The summed E-state index contributed by atoms with van der Waals surface area (Å²) in [5.74, 6) is 0. The highest BCUT2D eigenvalue weighted by atomic mass is 14.1. The summed E-state index contributed by atoms with van der Waals surface area (Å²) in [4.78, 5) is 0. The highest BCUT2D eigenvalue weighted by Crippen LogP contribution is 2.21. The van der Waals surface area contributed by atoms with Crippen LogP contribution in [0.15, 0.2) is 30.3 Å². The number of rotatable bonds is 2. The second-order valence-corrected chi connectivity index (χ2v) is 5.47. The summed E-state index contributed by atoms with van der Waals surface area (Å²) in [6.45, 7) is 11.0. The van der Waals surface area contributed by atoms with Crippen LogP contribution in [-0.2, 0) is 6.42 Å². The maximum Gasteiger partial charge on any atom is -0.00204 e. The Morgan fingerprint density at radius 1 is 0.667 bits per heavy atom. The molecule has 0 bridgehead atoms. The molecule has 0 spiro atoms. The van der Waals surface area contributed by atoms with E-state index in [9.17, 15) is 0 Å². The minimum atomic E-state index is 1.04. The van der Waals surface area contributed by atoms with E-state index in [1.165, 1.54) is 38.9 Å². The van der Waals surface area contributed by atoms with Crippen LogP contribution in [0, 0.1) is 34.6 Å². The molecular formula is C18H22. The van der Waals surface area contributed by atoms with Crippen LogP contribution in [0.2, 0.25) is 0 Å². The van der Waals surface area contributed by atoms with Crippen molar-refractivity contribution in [2.24, 2.45) is 0 Å². The molecule has 0 heteroatoms. The van der Waals surface area contributed by atoms with Crippen LogP contribution in [-0.4, -0.2) is 0 Å². The van der Waals surface area contributed by atoms with E-state index in [0.717, 1.165) is 6.42 Å². The van der Waals surface area contributed by atoms with Crippen LogP contribution in [0.1, 0.15) is 38.9 Å². The van der Waals surface area contributed by atoms with Gasteiger partial charge in [-0.05, 0) is 74.4 Å². The lowest BCUT2D eigenvalue weighted by Gasteiger charge is -2.12. The smallest absolute Gasteiger partial charge is 0.00204 e. The monoisotopic (exact) mass is 238 g/mol. The number of hydrogen-bond acceptors (Lipinski definition) is 0. The lowest BCUT2D eigenvalue weighted by Crippen LogP contribution is -1.97. The van der Waals surface area contributed by atoms with E-state index in [1.807, 2.05) is 0 Å². The van der Waals surface area contributed by atoms with Crippen molar-refractivity contribution >= 4 is 0 Å². The Kier molecular flexibility index (Phi) is 3.56. The van der Waals surface area contributed by atoms with E-state index in [4.69, 9.17) is 0 Å². The zero-order valence-electron chi connectivity index (χ0n) is 12.1. The molecule has 0 nitrogen and oxygen atoms in total. The Hall–Kier alpha value is -1.56. The average Bonchev–Trinajstić information content (AvgIpc) is 2.28. The second kappa shape index (κ2) is 4.97. The van der Waals surface area contributed by atoms with Gasteiger partial charge in [-0.1, -0.05) is 35.9 Å². The Morgan fingerprint density at radius 3 is 1.83 bits per heavy atom. The SMILES string of the molecule is Cc1cc(C)c(Cc2ccc(C)c(C)c2)c(C)c1. The number of benzene rings is 2. The first kappa shape index (κ1) is 12.9. The summed E-state index contributed by atoms with van der Waals surface area (Å²) in [7, 11) is 0. The topological polar surface area (TPSA) is 0 Å². The molecule has 0 unspecified atom stereocenters. The Bertz CT molecular complexity index is 554. The lowest BCUT2D eigenvalue weighted by atomic mass is 9.93. The zero-order valence-corrected chi connectivity index (χ0v) is 12.1. The molecule has 0 aliphatic carbocycles. The van der Waals surface area contributed by atoms with Crippen LogP contribution in [0.3, 0.4) is 0 Å². The predicted molar refractivity (Wildman–Crippen MR) is 79.4 cm³/mol. The van der Waals surface area contributed by atoms with Gasteiger partial charge in [0.1, 0.15) is 0 Å². The molecule has 2 aromatic carbocycles. The van der Waals surface area contributed by atoms with E-state index >= 15 is 0 Å². The van der Waals surface area contributed by atoms with Gasteiger partial charge in [-0.2, -0.15) is 0 Å². The molecule has 0 aliphatic rings. The average molecular weight is 238 g/mol. The highest BCUT2D eigenvalue weighted by molar-refractivity contribution is 5.42. The van der Waals surface area contributed by atoms with Gasteiger partial charge in [0.15, 0.2) is 0 Å². The van der Waals surface area contributed by atoms with Gasteiger partial charge < -0.3 is 0 Å². The number of aryl methyl sites for hydroxylation is 5. The fourth-order valence-electron chi connectivity index (χ4n) is 2.61. The fourth-order valence-corrected chi connectivity index (χ4v) is 2.61. The number of hydrogen-bond donors (Lipinski definition) is 0. The molecule has 0 saturated heterocycles. The third-order valence-electron chi connectivity index (χ3n) is 3.79. The van der Waals surface area contributed by atoms with Crippen molar-refractivity contribution in [2.75, 3.05) is 0 Å². The third kappa shape index (κ3) is 2.64. The molecule has 0 atom stereocenters. The molecule has 0 saturated carbocycles. The highest BCUT2D eigenvalue weighted by Gasteiger charge is 2.05. The lowest BCUT2D eigenvalue weighted by molar-refractivity contribution is 1.10. The second-order valence-electron chi connectivity index (χ2n) is 5.47. The summed E-state index contributed by atoms with van der Waals surface area (Å²) in [5, 5.41) is 0. The first-order chi connectivity index (χ1) is 8.47. The van der Waals surface area contributed by atoms with Crippen LogP contribution in [0.4, 0.5) is 0 Å². The largest absolute Gasteiger partial charge is 0.0588 e.